The Morgan fingerprint density at radius 2 is 2.07 bits per heavy atom. The van der Waals surface area contributed by atoms with E-state index in [0.717, 1.165) is 12.1 Å². The summed E-state index contributed by atoms with van der Waals surface area (Å²) in [5, 5.41) is 3.36. The number of aromatic nitrogens is 1. The summed E-state index contributed by atoms with van der Waals surface area (Å²) in [5.41, 5.74) is 1.12. The van der Waals surface area contributed by atoms with Crippen molar-refractivity contribution in [3.63, 3.8) is 0 Å². The Morgan fingerprint density at radius 3 is 2.60 bits per heavy atom. The first kappa shape index (κ1) is 12.1. The fourth-order valence-electron chi connectivity index (χ4n) is 1.24. The second-order valence-corrected chi connectivity index (χ2v) is 5.10. The molecule has 0 radical (unpaired) electrons. The third-order valence-corrected chi connectivity index (χ3v) is 2.16. The maximum absolute atomic E-state index is 12.9. The minimum absolute atomic E-state index is 0.132. The van der Waals surface area contributed by atoms with Crippen molar-refractivity contribution < 1.29 is 4.39 Å². The van der Waals surface area contributed by atoms with Crippen LogP contribution >= 0.6 is 0 Å². The van der Waals surface area contributed by atoms with Gasteiger partial charge in [-0.3, -0.25) is 4.98 Å². The van der Waals surface area contributed by atoms with Crippen molar-refractivity contribution in [1.29, 1.82) is 0 Å². The normalized spacial score (nSPS) is 13.9. The molecule has 1 N–H and O–H groups in total. The van der Waals surface area contributed by atoms with E-state index in [0.29, 0.717) is 0 Å². The quantitative estimate of drug-likeness (QED) is 0.829. The number of nitrogens with zero attached hydrogens (tertiary/aromatic N) is 1. The standard InChI is InChI=1S/C12H19FN2/c1-9(15-8-12(2,3)4)10-5-11(13)7-14-6-10/h5-7,9,15H,8H2,1-4H3. The Labute approximate surface area is 90.9 Å². The van der Waals surface area contributed by atoms with Crippen molar-refractivity contribution in [1.82, 2.24) is 10.3 Å². The molecule has 0 aromatic carbocycles. The summed E-state index contributed by atoms with van der Waals surface area (Å²) >= 11 is 0. The van der Waals surface area contributed by atoms with E-state index in [9.17, 15) is 4.39 Å². The van der Waals surface area contributed by atoms with Gasteiger partial charge in [0, 0.05) is 18.8 Å². The zero-order valence-corrected chi connectivity index (χ0v) is 9.84. The summed E-state index contributed by atoms with van der Waals surface area (Å²) in [6.45, 7) is 9.40. The van der Waals surface area contributed by atoms with Crippen molar-refractivity contribution in [2.75, 3.05) is 6.54 Å². The fraction of sp³-hybridized carbons (Fsp3) is 0.583. The van der Waals surface area contributed by atoms with Crippen LogP contribution in [0, 0.1) is 11.2 Å². The fourth-order valence-corrected chi connectivity index (χ4v) is 1.24. The molecule has 15 heavy (non-hydrogen) atoms. The lowest BCUT2D eigenvalue weighted by Gasteiger charge is -2.22. The monoisotopic (exact) mass is 210 g/mol. The second kappa shape index (κ2) is 4.71. The highest BCUT2D eigenvalue weighted by molar-refractivity contribution is 5.14. The minimum atomic E-state index is -0.281. The van der Waals surface area contributed by atoms with Gasteiger partial charge >= 0.3 is 0 Å². The van der Waals surface area contributed by atoms with Crippen LogP contribution in [0.1, 0.15) is 39.3 Å². The van der Waals surface area contributed by atoms with Gasteiger partial charge in [0.2, 0.25) is 0 Å². The van der Waals surface area contributed by atoms with Crippen LogP contribution in [0.15, 0.2) is 18.5 Å². The number of rotatable bonds is 3. The molecular formula is C12H19FN2. The summed E-state index contributed by atoms with van der Waals surface area (Å²) in [5.74, 6) is -0.281. The highest BCUT2D eigenvalue weighted by Crippen LogP contribution is 2.16. The topological polar surface area (TPSA) is 24.9 Å². The van der Waals surface area contributed by atoms with Crippen LogP contribution in [0.25, 0.3) is 0 Å². The van der Waals surface area contributed by atoms with Gasteiger partial charge in [0.1, 0.15) is 5.82 Å². The highest BCUT2D eigenvalue weighted by Gasteiger charge is 2.13. The molecule has 0 bridgehead atoms. The lowest BCUT2D eigenvalue weighted by molar-refractivity contribution is 0.359. The number of hydrogen-bond donors (Lipinski definition) is 1. The smallest absolute Gasteiger partial charge is 0.141 e. The summed E-state index contributed by atoms with van der Waals surface area (Å²) in [4.78, 5) is 3.83. The number of halogens is 1. The number of pyridine rings is 1. The van der Waals surface area contributed by atoms with E-state index >= 15 is 0 Å². The largest absolute Gasteiger partial charge is 0.310 e. The zero-order valence-electron chi connectivity index (χ0n) is 9.84. The molecule has 0 spiro atoms. The van der Waals surface area contributed by atoms with E-state index in [1.807, 2.05) is 6.92 Å². The molecule has 0 saturated heterocycles. The van der Waals surface area contributed by atoms with Crippen molar-refractivity contribution in [2.45, 2.75) is 33.7 Å². The highest BCUT2D eigenvalue weighted by atomic mass is 19.1. The average molecular weight is 210 g/mol. The third kappa shape index (κ3) is 4.38. The predicted molar refractivity (Wildman–Crippen MR) is 60.1 cm³/mol. The van der Waals surface area contributed by atoms with E-state index in [2.05, 4.69) is 31.1 Å². The Hall–Kier alpha value is -0.960. The van der Waals surface area contributed by atoms with Crippen LogP contribution in [-0.2, 0) is 0 Å². The molecule has 1 atom stereocenters. The SMILES string of the molecule is CC(NCC(C)(C)C)c1cncc(F)c1. The van der Waals surface area contributed by atoms with Crippen molar-refractivity contribution in [3.8, 4) is 0 Å². The summed E-state index contributed by atoms with van der Waals surface area (Å²) in [6, 6.07) is 1.65. The average Bonchev–Trinajstić information content (AvgIpc) is 2.13. The summed E-state index contributed by atoms with van der Waals surface area (Å²) < 4.78 is 12.9. The van der Waals surface area contributed by atoms with Gasteiger partial charge in [-0.2, -0.15) is 0 Å². The van der Waals surface area contributed by atoms with E-state index in [4.69, 9.17) is 0 Å². The van der Waals surface area contributed by atoms with Crippen LogP contribution in [0.3, 0.4) is 0 Å². The van der Waals surface area contributed by atoms with Gasteiger partial charge in [-0.15, -0.1) is 0 Å². The van der Waals surface area contributed by atoms with Crippen LogP contribution in [0.2, 0.25) is 0 Å². The molecule has 0 aliphatic heterocycles. The van der Waals surface area contributed by atoms with E-state index < -0.39 is 0 Å². The Balaban J connectivity index is 2.58. The molecular weight excluding hydrogens is 191 g/mol. The second-order valence-electron chi connectivity index (χ2n) is 5.10. The molecule has 84 valence electrons. The molecule has 0 fully saturated rings. The van der Waals surface area contributed by atoms with Gasteiger partial charge in [-0.05, 0) is 24.0 Å². The van der Waals surface area contributed by atoms with Gasteiger partial charge in [0.05, 0.1) is 6.20 Å². The van der Waals surface area contributed by atoms with Crippen molar-refractivity contribution in [2.24, 2.45) is 5.41 Å². The Morgan fingerprint density at radius 1 is 1.40 bits per heavy atom. The first-order valence-corrected chi connectivity index (χ1v) is 5.22. The van der Waals surface area contributed by atoms with Crippen molar-refractivity contribution >= 4 is 0 Å². The zero-order chi connectivity index (χ0) is 11.5. The predicted octanol–water partition coefficient (Wildman–Crippen LogP) is 2.92. The molecule has 1 aromatic rings. The first-order valence-electron chi connectivity index (χ1n) is 5.22. The molecule has 1 aromatic heterocycles. The molecule has 1 heterocycles. The molecule has 2 nitrogen and oxygen atoms in total. The van der Waals surface area contributed by atoms with Crippen LogP contribution in [-0.4, -0.2) is 11.5 Å². The molecule has 0 aliphatic rings. The summed E-state index contributed by atoms with van der Waals surface area (Å²) in [7, 11) is 0. The van der Waals surface area contributed by atoms with Gasteiger partial charge < -0.3 is 5.32 Å². The molecule has 0 aliphatic carbocycles. The van der Waals surface area contributed by atoms with Gasteiger partial charge in [0.15, 0.2) is 0 Å². The van der Waals surface area contributed by atoms with Crippen LogP contribution in [0.4, 0.5) is 4.39 Å². The Bertz CT molecular complexity index is 318. The molecule has 0 saturated carbocycles. The van der Waals surface area contributed by atoms with Crippen LogP contribution < -0.4 is 5.32 Å². The van der Waals surface area contributed by atoms with E-state index in [1.54, 1.807) is 6.20 Å². The lowest BCUT2D eigenvalue weighted by Crippen LogP contribution is -2.29. The Kier molecular flexibility index (Phi) is 3.80. The maximum Gasteiger partial charge on any atom is 0.141 e. The first-order chi connectivity index (χ1) is 6.88. The minimum Gasteiger partial charge on any atom is -0.310 e. The number of hydrogen-bond acceptors (Lipinski definition) is 2. The van der Waals surface area contributed by atoms with E-state index in [1.165, 1.54) is 12.3 Å². The molecule has 1 unspecified atom stereocenters. The van der Waals surface area contributed by atoms with Gasteiger partial charge in [-0.1, -0.05) is 20.8 Å². The third-order valence-electron chi connectivity index (χ3n) is 2.16. The van der Waals surface area contributed by atoms with Gasteiger partial charge in [0.25, 0.3) is 0 Å². The van der Waals surface area contributed by atoms with Crippen LogP contribution in [0.5, 0.6) is 0 Å². The van der Waals surface area contributed by atoms with E-state index in [-0.39, 0.29) is 17.3 Å². The number of nitrogens with one attached hydrogen (secondary N) is 1. The lowest BCUT2D eigenvalue weighted by atomic mass is 9.96. The van der Waals surface area contributed by atoms with Gasteiger partial charge in [-0.25, -0.2) is 4.39 Å². The summed E-state index contributed by atoms with van der Waals surface area (Å²) in [6.07, 6.45) is 2.92. The molecule has 1 rings (SSSR count). The molecule has 3 heteroatoms. The maximum atomic E-state index is 12.9. The van der Waals surface area contributed by atoms with Crippen molar-refractivity contribution in [3.05, 3.63) is 29.8 Å². The molecule has 0 amide bonds.